The van der Waals surface area contributed by atoms with Gasteiger partial charge < -0.3 is 15.9 Å². The Morgan fingerprint density at radius 2 is 2.09 bits per heavy atom. The quantitative estimate of drug-likeness (QED) is 0.526. The third-order valence-corrected chi connectivity index (χ3v) is 1.47. The highest BCUT2D eigenvalue weighted by Gasteiger charge is 2.03. The van der Waals surface area contributed by atoms with Gasteiger partial charge in [-0.2, -0.15) is 0 Å². The van der Waals surface area contributed by atoms with E-state index in [0.717, 1.165) is 0 Å². The third kappa shape index (κ3) is 2.13. The number of aliphatic hydroxyl groups excluding tert-OH is 2. The fourth-order valence-corrected chi connectivity index (χ4v) is 0.891. The Balaban J connectivity index is 2.83. The van der Waals surface area contributed by atoms with Crippen LogP contribution in [0.3, 0.4) is 0 Å². The van der Waals surface area contributed by atoms with Crippen LogP contribution in [0.25, 0.3) is 0 Å². The van der Waals surface area contributed by atoms with Gasteiger partial charge in [-0.25, -0.2) is 0 Å². The average Bonchev–Trinajstić information content (AvgIpc) is 2.11. The van der Waals surface area contributed by atoms with Crippen molar-refractivity contribution in [2.45, 2.75) is 0 Å². The maximum Gasteiger partial charge on any atom is 0.118 e. The maximum atomic E-state index is 9.09. The Morgan fingerprint density at radius 1 is 1.36 bits per heavy atom. The van der Waals surface area contributed by atoms with Crippen LogP contribution >= 0.6 is 0 Å². The molecule has 0 spiro atoms. The fourth-order valence-electron chi connectivity index (χ4n) is 0.891. The molecular formula is C8H11NO2. The summed E-state index contributed by atoms with van der Waals surface area (Å²) < 4.78 is 0. The highest BCUT2D eigenvalue weighted by atomic mass is 16.3. The summed E-state index contributed by atoms with van der Waals surface area (Å²) in [5.41, 5.74) is 5.37. The van der Waals surface area contributed by atoms with Gasteiger partial charge in [-0.1, -0.05) is 6.08 Å². The van der Waals surface area contributed by atoms with Crippen molar-refractivity contribution in [1.82, 2.24) is 0 Å². The van der Waals surface area contributed by atoms with Crippen molar-refractivity contribution in [2.75, 3.05) is 6.54 Å². The number of hydrogen-bond acceptors (Lipinski definition) is 3. The van der Waals surface area contributed by atoms with Gasteiger partial charge in [0.2, 0.25) is 0 Å². The molecule has 3 nitrogen and oxygen atoms in total. The largest absolute Gasteiger partial charge is 0.508 e. The van der Waals surface area contributed by atoms with E-state index in [1.165, 1.54) is 12.2 Å². The molecule has 0 saturated heterocycles. The van der Waals surface area contributed by atoms with Gasteiger partial charge in [-0.15, -0.1) is 0 Å². The van der Waals surface area contributed by atoms with Crippen LogP contribution in [-0.4, -0.2) is 16.8 Å². The van der Waals surface area contributed by atoms with Crippen molar-refractivity contribution < 1.29 is 10.2 Å². The lowest BCUT2D eigenvalue weighted by atomic mass is 10.1. The van der Waals surface area contributed by atoms with Crippen LogP contribution in [0.15, 0.2) is 35.8 Å². The minimum Gasteiger partial charge on any atom is -0.508 e. The van der Waals surface area contributed by atoms with Gasteiger partial charge in [0.25, 0.3) is 0 Å². The molecule has 0 aromatic carbocycles. The smallest absolute Gasteiger partial charge is 0.118 e. The lowest BCUT2D eigenvalue weighted by molar-refractivity contribution is 0.404. The van der Waals surface area contributed by atoms with Crippen molar-refractivity contribution in [2.24, 2.45) is 11.7 Å². The van der Waals surface area contributed by atoms with Crippen molar-refractivity contribution in [3.63, 3.8) is 0 Å². The van der Waals surface area contributed by atoms with Crippen molar-refractivity contribution in [3.05, 3.63) is 35.8 Å². The molecule has 3 heteroatoms. The molecule has 1 atom stereocenters. The van der Waals surface area contributed by atoms with E-state index in [1.807, 2.05) is 0 Å². The molecule has 0 aliphatic heterocycles. The second-order valence-corrected chi connectivity index (χ2v) is 2.42. The van der Waals surface area contributed by atoms with Crippen LogP contribution in [0, 0.1) is 5.92 Å². The molecule has 0 bridgehead atoms. The van der Waals surface area contributed by atoms with Gasteiger partial charge in [-0.05, 0) is 12.2 Å². The van der Waals surface area contributed by atoms with Crippen LogP contribution in [-0.2, 0) is 0 Å². The summed E-state index contributed by atoms with van der Waals surface area (Å²) in [4.78, 5) is 0. The van der Waals surface area contributed by atoms with E-state index in [0.29, 0.717) is 6.54 Å². The van der Waals surface area contributed by atoms with Crippen LogP contribution < -0.4 is 5.73 Å². The Bertz CT molecular complexity index is 228. The Morgan fingerprint density at radius 3 is 2.73 bits per heavy atom. The Hall–Kier alpha value is -1.22. The number of rotatable bonds is 1. The minimum absolute atomic E-state index is 0.0101. The Kier molecular flexibility index (Phi) is 2.33. The average molecular weight is 153 g/mol. The van der Waals surface area contributed by atoms with Gasteiger partial charge in [0, 0.05) is 18.5 Å². The molecule has 0 radical (unpaired) electrons. The molecule has 1 unspecified atom stereocenters. The second-order valence-electron chi connectivity index (χ2n) is 2.42. The van der Waals surface area contributed by atoms with Crippen LogP contribution in [0.2, 0.25) is 0 Å². The zero-order chi connectivity index (χ0) is 8.27. The first-order valence-electron chi connectivity index (χ1n) is 3.42. The fraction of sp³-hybridized carbons (Fsp3) is 0.250. The number of nitrogens with two attached hydrogens (primary N) is 1. The van der Waals surface area contributed by atoms with E-state index >= 15 is 0 Å². The van der Waals surface area contributed by atoms with Gasteiger partial charge in [0.15, 0.2) is 0 Å². The van der Waals surface area contributed by atoms with Crippen LogP contribution in [0.5, 0.6) is 0 Å². The molecule has 0 saturated carbocycles. The molecular weight excluding hydrogens is 142 g/mol. The van der Waals surface area contributed by atoms with Gasteiger partial charge in [0.05, 0.1) is 0 Å². The Labute approximate surface area is 65.1 Å². The topological polar surface area (TPSA) is 66.5 Å². The van der Waals surface area contributed by atoms with Gasteiger partial charge in [0.1, 0.15) is 11.5 Å². The normalized spacial score (nSPS) is 23.9. The van der Waals surface area contributed by atoms with E-state index in [-0.39, 0.29) is 17.4 Å². The lowest BCUT2D eigenvalue weighted by Gasteiger charge is -2.00. The van der Waals surface area contributed by atoms with Crippen molar-refractivity contribution >= 4 is 0 Å². The predicted molar refractivity (Wildman–Crippen MR) is 43.1 cm³/mol. The maximum absolute atomic E-state index is 9.09. The second kappa shape index (κ2) is 3.25. The summed E-state index contributed by atoms with van der Waals surface area (Å²) in [5.74, 6) is 0.119. The first-order valence-corrected chi connectivity index (χ1v) is 3.42. The van der Waals surface area contributed by atoms with Crippen LogP contribution in [0.4, 0.5) is 0 Å². The highest BCUT2D eigenvalue weighted by Crippen LogP contribution is 2.10. The summed E-state index contributed by atoms with van der Waals surface area (Å²) in [5, 5.41) is 18.1. The molecule has 0 aromatic rings. The summed E-state index contributed by atoms with van der Waals surface area (Å²) >= 11 is 0. The molecule has 60 valence electrons. The van der Waals surface area contributed by atoms with Crippen LogP contribution in [0.1, 0.15) is 0 Å². The van der Waals surface area contributed by atoms with Gasteiger partial charge in [-0.3, -0.25) is 0 Å². The summed E-state index contributed by atoms with van der Waals surface area (Å²) in [7, 11) is 0. The van der Waals surface area contributed by atoms with E-state index < -0.39 is 0 Å². The molecule has 11 heavy (non-hydrogen) atoms. The highest BCUT2D eigenvalue weighted by molar-refractivity contribution is 5.27. The minimum atomic E-state index is 0.0101. The first-order chi connectivity index (χ1) is 5.22. The molecule has 0 amide bonds. The van der Waals surface area contributed by atoms with Crippen molar-refractivity contribution in [1.29, 1.82) is 0 Å². The van der Waals surface area contributed by atoms with Gasteiger partial charge >= 0.3 is 0 Å². The van der Waals surface area contributed by atoms with E-state index in [9.17, 15) is 0 Å². The lowest BCUT2D eigenvalue weighted by Crippen LogP contribution is -2.09. The zero-order valence-corrected chi connectivity index (χ0v) is 6.07. The standard InChI is InChI=1S/C8H11NO2/c9-5-6-1-2-7(10)4-8(11)3-6/h1-4,6,10-11H,5,9H2. The molecule has 1 aliphatic carbocycles. The predicted octanol–water partition coefficient (Wildman–Crippen LogP) is 1.01. The number of aliphatic hydroxyl groups is 2. The molecule has 4 N–H and O–H groups in total. The molecule has 1 rings (SSSR count). The molecule has 0 heterocycles. The third-order valence-electron chi connectivity index (χ3n) is 1.47. The first kappa shape index (κ1) is 7.88. The monoisotopic (exact) mass is 153 g/mol. The zero-order valence-electron chi connectivity index (χ0n) is 6.07. The van der Waals surface area contributed by atoms with E-state index in [4.69, 9.17) is 15.9 Å². The molecule has 0 fully saturated rings. The SMILES string of the molecule is NCC1C=CC(O)=CC(O)=C1. The molecule has 1 aliphatic rings. The van der Waals surface area contributed by atoms with Crippen molar-refractivity contribution in [3.8, 4) is 0 Å². The van der Waals surface area contributed by atoms with E-state index in [2.05, 4.69) is 0 Å². The molecule has 0 aromatic heterocycles. The summed E-state index contributed by atoms with van der Waals surface area (Å²) in [6.45, 7) is 0.432. The number of allylic oxidation sites excluding steroid dienone is 2. The summed E-state index contributed by atoms with van der Waals surface area (Å²) in [6, 6.07) is 0. The number of hydrogen-bond donors (Lipinski definition) is 3. The summed E-state index contributed by atoms with van der Waals surface area (Å²) in [6.07, 6.45) is 6.15. The van der Waals surface area contributed by atoms with E-state index in [1.54, 1.807) is 12.2 Å².